The van der Waals surface area contributed by atoms with Gasteiger partial charge in [-0.1, -0.05) is 41.9 Å². The Hall–Kier alpha value is -3.04. The normalized spacial score (nSPS) is 25.7. The molecular formula is C29H27ClF2N2O4. The van der Waals surface area contributed by atoms with E-state index in [1.54, 1.807) is 0 Å². The third-order valence-corrected chi connectivity index (χ3v) is 8.49. The van der Waals surface area contributed by atoms with Crippen LogP contribution in [0.1, 0.15) is 51.6 Å². The molecule has 6 rings (SSSR count). The number of amides is 1. The Morgan fingerprint density at radius 3 is 2.61 bits per heavy atom. The molecule has 3 aromatic rings. The Balaban J connectivity index is 1.61. The second-order valence-corrected chi connectivity index (χ2v) is 10.6. The van der Waals surface area contributed by atoms with E-state index in [0.717, 1.165) is 24.9 Å². The highest BCUT2D eigenvalue weighted by Crippen LogP contribution is 2.53. The van der Waals surface area contributed by atoms with E-state index in [4.69, 9.17) is 16.3 Å². The lowest BCUT2D eigenvalue weighted by Gasteiger charge is -2.35. The average Bonchev–Trinajstić information content (AvgIpc) is 3.65. The Labute approximate surface area is 223 Å². The first kappa shape index (κ1) is 25.2. The van der Waals surface area contributed by atoms with Gasteiger partial charge in [0.15, 0.2) is 5.60 Å². The molecule has 3 aromatic carbocycles. The maximum atomic E-state index is 16.3. The van der Waals surface area contributed by atoms with Crippen molar-refractivity contribution in [1.29, 1.82) is 0 Å². The molecule has 2 aliphatic heterocycles. The molecule has 6 nitrogen and oxygen atoms in total. The standard InChI is InChI=1S/C29H27ClF2N2O4/c1-33-28(37)17-10-16-15(11-20(35)27(16)36)26(32)24(17)23-18-13-29(22-8-5-9-34-22,14-6-3-2-4-7-14)38-21(18)12-19(31)25(23)30/h2-4,6-7,10,12,20,22,27,34-36H,5,8-9,11,13H2,1H3,(H,33,37)/t20-,22+,27-,29+/m1/s1. The molecule has 1 aliphatic carbocycles. The van der Waals surface area contributed by atoms with Crippen molar-refractivity contribution in [2.45, 2.75) is 49.5 Å². The molecule has 1 amide bonds. The van der Waals surface area contributed by atoms with Crippen molar-refractivity contribution in [3.05, 3.63) is 86.9 Å². The highest BCUT2D eigenvalue weighted by atomic mass is 35.5. The van der Waals surface area contributed by atoms with Gasteiger partial charge in [-0.3, -0.25) is 4.79 Å². The van der Waals surface area contributed by atoms with Crippen LogP contribution in [0.4, 0.5) is 8.78 Å². The van der Waals surface area contributed by atoms with Crippen molar-refractivity contribution in [3.8, 4) is 16.9 Å². The van der Waals surface area contributed by atoms with Crippen molar-refractivity contribution in [2.24, 2.45) is 0 Å². The number of nitrogens with one attached hydrogen (secondary N) is 2. The molecule has 0 aromatic heterocycles. The largest absolute Gasteiger partial charge is 0.480 e. The van der Waals surface area contributed by atoms with E-state index in [0.29, 0.717) is 5.56 Å². The predicted molar refractivity (Wildman–Crippen MR) is 138 cm³/mol. The number of benzene rings is 3. The molecule has 2 heterocycles. The molecular weight excluding hydrogens is 514 g/mol. The van der Waals surface area contributed by atoms with Gasteiger partial charge >= 0.3 is 0 Å². The van der Waals surface area contributed by atoms with Crippen molar-refractivity contribution in [2.75, 3.05) is 13.6 Å². The van der Waals surface area contributed by atoms with E-state index in [1.165, 1.54) is 19.2 Å². The molecule has 1 fully saturated rings. The van der Waals surface area contributed by atoms with E-state index >= 15 is 8.78 Å². The molecule has 198 valence electrons. The van der Waals surface area contributed by atoms with Gasteiger partial charge in [0.1, 0.15) is 23.5 Å². The van der Waals surface area contributed by atoms with Gasteiger partial charge < -0.3 is 25.6 Å². The summed E-state index contributed by atoms with van der Waals surface area (Å²) in [5.41, 5.74) is 0.479. The second-order valence-electron chi connectivity index (χ2n) is 10.2. The van der Waals surface area contributed by atoms with Crippen LogP contribution in [0.25, 0.3) is 11.1 Å². The number of ether oxygens (including phenoxy) is 1. The lowest BCUT2D eigenvalue weighted by atomic mass is 9.80. The summed E-state index contributed by atoms with van der Waals surface area (Å²) in [5.74, 6) is -2.01. The quantitative estimate of drug-likeness (QED) is 0.399. The summed E-state index contributed by atoms with van der Waals surface area (Å²) in [6, 6.07) is 12.1. The molecule has 38 heavy (non-hydrogen) atoms. The molecule has 9 heteroatoms. The van der Waals surface area contributed by atoms with Gasteiger partial charge in [-0.05, 0) is 42.1 Å². The zero-order valence-electron chi connectivity index (χ0n) is 20.7. The zero-order chi connectivity index (χ0) is 26.8. The highest BCUT2D eigenvalue weighted by molar-refractivity contribution is 6.34. The van der Waals surface area contributed by atoms with Gasteiger partial charge in [-0.15, -0.1) is 0 Å². The van der Waals surface area contributed by atoms with Gasteiger partial charge in [0.25, 0.3) is 5.91 Å². The first-order valence-electron chi connectivity index (χ1n) is 12.7. The van der Waals surface area contributed by atoms with Crippen LogP contribution in [0.2, 0.25) is 5.02 Å². The average molecular weight is 541 g/mol. The summed E-state index contributed by atoms with van der Waals surface area (Å²) in [7, 11) is 1.40. The summed E-state index contributed by atoms with van der Waals surface area (Å²) in [6.45, 7) is 0.811. The molecule has 4 atom stereocenters. The van der Waals surface area contributed by atoms with Crippen LogP contribution in [0.3, 0.4) is 0 Å². The minimum absolute atomic E-state index is 0.0484. The number of hydrogen-bond acceptors (Lipinski definition) is 5. The molecule has 0 saturated carbocycles. The first-order valence-corrected chi connectivity index (χ1v) is 13.1. The summed E-state index contributed by atoms with van der Waals surface area (Å²) >= 11 is 6.57. The minimum atomic E-state index is -1.34. The van der Waals surface area contributed by atoms with Crippen molar-refractivity contribution in [3.63, 3.8) is 0 Å². The van der Waals surface area contributed by atoms with Gasteiger partial charge in [0.05, 0.1) is 22.7 Å². The number of aliphatic hydroxyl groups is 2. The molecule has 0 unspecified atom stereocenters. The first-order chi connectivity index (χ1) is 18.3. The van der Waals surface area contributed by atoms with E-state index in [2.05, 4.69) is 10.6 Å². The maximum Gasteiger partial charge on any atom is 0.251 e. The number of carbonyl (C=O) groups excluding carboxylic acids is 1. The van der Waals surface area contributed by atoms with Crippen LogP contribution in [0, 0.1) is 11.6 Å². The fourth-order valence-corrected chi connectivity index (χ4v) is 6.55. The van der Waals surface area contributed by atoms with E-state index in [-0.39, 0.29) is 57.5 Å². The number of aliphatic hydroxyl groups excluding tert-OH is 2. The van der Waals surface area contributed by atoms with Crippen LogP contribution >= 0.6 is 11.6 Å². The van der Waals surface area contributed by atoms with Gasteiger partial charge in [-0.2, -0.15) is 0 Å². The second kappa shape index (κ2) is 9.31. The minimum Gasteiger partial charge on any atom is -0.480 e. The maximum absolute atomic E-state index is 16.3. The van der Waals surface area contributed by atoms with E-state index < -0.39 is 35.4 Å². The van der Waals surface area contributed by atoms with Crippen LogP contribution < -0.4 is 15.4 Å². The van der Waals surface area contributed by atoms with Gasteiger partial charge in [0, 0.05) is 42.6 Å². The highest BCUT2D eigenvalue weighted by Gasteiger charge is 2.50. The SMILES string of the molecule is CNC(=O)c1cc2c(c(F)c1-c1c(Cl)c(F)cc3c1C[C@](c1ccccc1)([C@@H]1CCCN1)O3)C[C@@H](O)[C@@H]2O. The van der Waals surface area contributed by atoms with E-state index in [1.807, 2.05) is 30.3 Å². The Kier molecular flexibility index (Phi) is 6.18. The molecule has 0 bridgehead atoms. The number of hydrogen-bond donors (Lipinski definition) is 4. The summed E-state index contributed by atoms with van der Waals surface area (Å²) in [6.07, 6.45) is -0.646. The lowest BCUT2D eigenvalue weighted by Crippen LogP contribution is -2.48. The van der Waals surface area contributed by atoms with Gasteiger partial charge in [0.2, 0.25) is 0 Å². The van der Waals surface area contributed by atoms with Crippen LogP contribution in [-0.4, -0.2) is 41.9 Å². The topological polar surface area (TPSA) is 90.8 Å². The van der Waals surface area contributed by atoms with Crippen molar-refractivity contribution < 1.29 is 28.5 Å². The Morgan fingerprint density at radius 1 is 1.16 bits per heavy atom. The smallest absolute Gasteiger partial charge is 0.251 e. The molecule has 0 radical (unpaired) electrons. The molecule has 0 spiro atoms. The third-order valence-electron chi connectivity index (χ3n) is 8.12. The summed E-state index contributed by atoms with van der Waals surface area (Å²) in [4.78, 5) is 13.0. The number of halogens is 3. The van der Waals surface area contributed by atoms with Gasteiger partial charge in [-0.25, -0.2) is 8.78 Å². The zero-order valence-corrected chi connectivity index (χ0v) is 21.4. The summed E-state index contributed by atoms with van der Waals surface area (Å²) in [5, 5.41) is 26.3. The van der Waals surface area contributed by atoms with Crippen molar-refractivity contribution >= 4 is 17.5 Å². The molecule has 4 N–H and O–H groups in total. The third kappa shape index (κ3) is 3.66. The molecule has 1 saturated heterocycles. The fraction of sp³-hybridized carbons (Fsp3) is 0.345. The Morgan fingerprint density at radius 2 is 1.92 bits per heavy atom. The monoisotopic (exact) mass is 540 g/mol. The number of fused-ring (bicyclic) bond motifs is 2. The van der Waals surface area contributed by atoms with Crippen LogP contribution in [-0.2, 0) is 18.4 Å². The van der Waals surface area contributed by atoms with Crippen molar-refractivity contribution in [1.82, 2.24) is 10.6 Å². The predicted octanol–water partition coefficient (Wildman–Crippen LogP) is 4.18. The Bertz CT molecular complexity index is 1440. The molecule has 3 aliphatic rings. The van der Waals surface area contributed by atoms with Crippen LogP contribution in [0.5, 0.6) is 5.75 Å². The van der Waals surface area contributed by atoms with Crippen LogP contribution in [0.15, 0.2) is 42.5 Å². The number of rotatable bonds is 4. The summed E-state index contributed by atoms with van der Waals surface area (Å²) < 4.78 is 38.3. The number of carbonyl (C=O) groups is 1. The lowest BCUT2D eigenvalue weighted by molar-refractivity contribution is 0.0325. The van der Waals surface area contributed by atoms with E-state index in [9.17, 15) is 15.0 Å². The fourth-order valence-electron chi connectivity index (χ4n) is 6.29.